The van der Waals surface area contributed by atoms with Crippen LogP contribution in [0.4, 0.5) is 5.69 Å². The summed E-state index contributed by atoms with van der Waals surface area (Å²) in [4.78, 5) is 22.6. The van der Waals surface area contributed by atoms with Crippen LogP contribution in [-0.2, 0) is 28.5 Å². The molecule has 4 rings (SSSR count). The van der Waals surface area contributed by atoms with Gasteiger partial charge in [-0.2, -0.15) is 0 Å². The normalized spacial score (nSPS) is 41.5. The van der Waals surface area contributed by atoms with Gasteiger partial charge in [0.15, 0.2) is 12.6 Å². The van der Waals surface area contributed by atoms with Crippen molar-refractivity contribution in [3.05, 3.63) is 34.4 Å². The summed E-state index contributed by atoms with van der Waals surface area (Å²) in [7, 11) is 0. The molecule has 0 aromatic heterocycles. The number of benzene rings is 1. The number of rotatable bonds is 11. The molecule has 1 amide bonds. The van der Waals surface area contributed by atoms with E-state index in [0.717, 1.165) is 19.1 Å². The van der Waals surface area contributed by atoms with Gasteiger partial charge in [0.1, 0.15) is 78.9 Å². The standard InChI is InChI=1S/C26H38N2O18/c1-9(32)27-15-22(45-25-20(37)19(36)16(33)12(6-29)43-25)17(34)13(7-30)42-24(15)46-23-18(35)14(8-31)44-26(21(23)38)41-11-4-2-10(3-5-11)28(39)40/h2-5,12-26,29-31,33-38H,6-8H2,1H3,(H,27,32)/t12-,13-,14-,15-,16+,17-,18+,19+,20-,21-,22-,23+,24+,25+,26-/m1/s1. The molecule has 0 saturated carbocycles. The van der Waals surface area contributed by atoms with E-state index in [4.69, 9.17) is 28.4 Å². The van der Waals surface area contributed by atoms with Crippen LogP contribution in [0, 0.1) is 10.1 Å². The van der Waals surface area contributed by atoms with Gasteiger partial charge in [0.2, 0.25) is 12.2 Å². The van der Waals surface area contributed by atoms with E-state index in [0.29, 0.717) is 0 Å². The van der Waals surface area contributed by atoms with Crippen LogP contribution in [0.1, 0.15) is 6.92 Å². The van der Waals surface area contributed by atoms with Gasteiger partial charge in [-0.05, 0) is 12.1 Å². The Labute approximate surface area is 260 Å². The van der Waals surface area contributed by atoms with Crippen LogP contribution < -0.4 is 10.1 Å². The molecule has 0 unspecified atom stereocenters. The Balaban J connectivity index is 1.60. The smallest absolute Gasteiger partial charge is 0.269 e. The van der Waals surface area contributed by atoms with Crippen LogP contribution in [0.25, 0.3) is 0 Å². The lowest BCUT2D eigenvalue weighted by Crippen LogP contribution is -2.70. The topological polar surface area (TPSA) is 310 Å². The van der Waals surface area contributed by atoms with Crippen LogP contribution in [0.3, 0.4) is 0 Å². The summed E-state index contributed by atoms with van der Waals surface area (Å²) in [6, 6.07) is 3.15. The van der Waals surface area contributed by atoms with E-state index in [-0.39, 0.29) is 11.4 Å². The summed E-state index contributed by atoms with van der Waals surface area (Å²) >= 11 is 0. The van der Waals surface area contributed by atoms with Gasteiger partial charge in [-0.3, -0.25) is 14.9 Å². The van der Waals surface area contributed by atoms with Crippen molar-refractivity contribution in [2.24, 2.45) is 0 Å². The number of non-ortho nitro benzene ring substituents is 1. The predicted octanol–water partition coefficient (Wildman–Crippen LogP) is -5.43. The molecule has 0 bridgehead atoms. The number of amides is 1. The van der Waals surface area contributed by atoms with E-state index in [9.17, 15) is 60.9 Å². The number of nitrogens with one attached hydrogen (secondary N) is 1. The molecule has 3 fully saturated rings. The van der Waals surface area contributed by atoms with Crippen LogP contribution in [0.15, 0.2) is 24.3 Å². The first-order valence-electron chi connectivity index (χ1n) is 14.2. The fourth-order valence-corrected chi connectivity index (χ4v) is 5.32. The Hall–Kier alpha value is -2.67. The molecule has 3 saturated heterocycles. The lowest BCUT2D eigenvalue weighted by molar-refractivity contribution is -0.384. The van der Waals surface area contributed by atoms with Crippen LogP contribution in [-0.4, -0.2) is 169 Å². The van der Waals surface area contributed by atoms with Crippen molar-refractivity contribution < 1.29 is 84.1 Å². The van der Waals surface area contributed by atoms with Crippen molar-refractivity contribution in [3.63, 3.8) is 0 Å². The molecule has 1 aromatic rings. The van der Waals surface area contributed by atoms with E-state index in [1.165, 1.54) is 12.1 Å². The van der Waals surface area contributed by atoms with E-state index in [2.05, 4.69) is 5.32 Å². The quantitative estimate of drug-likeness (QED) is 0.0778. The monoisotopic (exact) mass is 666 g/mol. The summed E-state index contributed by atoms with van der Waals surface area (Å²) in [6.45, 7) is -1.36. The van der Waals surface area contributed by atoms with Gasteiger partial charge in [-0.1, -0.05) is 0 Å². The molecular formula is C26H38N2O18. The van der Waals surface area contributed by atoms with Crippen molar-refractivity contribution in [3.8, 4) is 5.75 Å². The molecule has 3 aliphatic heterocycles. The maximum Gasteiger partial charge on any atom is 0.269 e. The fraction of sp³-hybridized carbons (Fsp3) is 0.731. The summed E-state index contributed by atoms with van der Waals surface area (Å²) in [5.74, 6) is -0.720. The molecule has 15 atom stereocenters. The Morgan fingerprint density at radius 2 is 1.24 bits per heavy atom. The van der Waals surface area contributed by atoms with E-state index >= 15 is 0 Å². The summed E-state index contributed by atoms with van der Waals surface area (Å²) in [5.41, 5.74) is -0.248. The van der Waals surface area contributed by atoms with Crippen LogP contribution >= 0.6 is 0 Å². The van der Waals surface area contributed by atoms with E-state index in [1.54, 1.807) is 0 Å². The van der Waals surface area contributed by atoms with Gasteiger partial charge in [0, 0.05) is 19.1 Å². The van der Waals surface area contributed by atoms with Gasteiger partial charge < -0.3 is 79.7 Å². The number of carbonyl (C=O) groups is 1. The molecule has 0 spiro atoms. The third-order valence-electron chi connectivity index (χ3n) is 7.78. The second kappa shape index (κ2) is 15.5. The summed E-state index contributed by atoms with van der Waals surface area (Å²) < 4.78 is 33.7. The number of aliphatic hydroxyl groups excluding tert-OH is 9. The van der Waals surface area contributed by atoms with E-state index < -0.39 is 123 Å². The average molecular weight is 667 g/mol. The highest BCUT2D eigenvalue weighted by atomic mass is 16.7. The number of nitro groups is 1. The minimum absolute atomic E-state index is 0.00276. The molecule has 1 aromatic carbocycles. The van der Waals surface area contributed by atoms with Crippen molar-refractivity contribution in [2.75, 3.05) is 19.8 Å². The Kier molecular flexibility index (Phi) is 12.2. The zero-order valence-electron chi connectivity index (χ0n) is 24.2. The van der Waals surface area contributed by atoms with Gasteiger partial charge >= 0.3 is 0 Å². The minimum Gasteiger partial charge on any atom is -0.462 e. The first kappa shape index (κ1) is 36.2. The number of ether oxygens (including phenoxy) is 6. The van der Waals surface area contributed by atoms with Gasteiger partial charge in [-0.15, -0.1) is 0 Å². The Morgan fingerprint density at radius 3 is 1.78 bits per heavy atom. The lowest BCUT2D eigenvalue weighted by atomic mass is 9.94. The minimum atomic E-state index is -1.92. The van der Waals surface area contributed by atoms with Crippen molar-refractivity contribution in [2.45, 2.75) is 99.0 Å². The first-order valence-corrected chi connectivity index (χ1v) is 14.2. The molecule has 20 nitrogen and oxygen atoms in total. The largest absolute Gasteiger partial charge is 0.462 e. The fourth-order valence-electron chi connectivity index (χ4n) is 5.32. The van der Waals surface area contributed by atoms with E-state index in [1.807, 2.05) is 0 Å². The second-order valence-corrected chi connectivity index (χ2v) is 10.9. The lowest BCUT2D eigenvalue weighted by Gasteiger charge is -2.49. The van der Waals surface area contributed by atoms with Crippen LogP contribution in [0.5, 0.6) is 5.75 Å². The number of nitrogens with zero attached hydrogens (tertiary/aromatic N) is 1. The van der Waals surface area contributed by atoms with Gasteiger partial charge in [0.05, 0.1) is 24.7 Å². The number of nitro benzene ring substituents is 1. The first-order chi connectivity index (χ1) is 21.8. The molecule has 46 heavy (non-hydrogen) atoms. The molecule has 0 aliphatic carbocycles. The Bertz CT molecular complexity index is 1160. The predicted molar refractivity (Wildman–Crippen MR) is 144 cm³/mol. The zero-order valence-corrected chi connectivity index (χ0v) is 24.2. The van der Waals surface area contributed by atoms with Crippen molar-refractivity contribution in [1.29, 1.82) is 0 Å². The Morgan fingerprint density at radius 1 is 0.739 bits per heavy atom. The summed E-state index contributed by atoms with van der Waals surface area (Å²) in [6.07, 6.45) is -23.7. The second-order valence-electron chi connectivity index (χ2n) is 10.9. The number of carbonyl (C=O) groups excluding carboxylic acids is 1. The third kappa shape index (κ3) is 7.72. The molecule has 0 radical (unpaired) electrons. The molecule has 10 N–H and O–H groups in total. The third-order valence-corrected chi connectivity index (χ3v) is 7.78. The number of hydrogen-bond donors (Lipinski definition) is 10. The number of hydrogen-bond acceptors (Lipinski definition) is 18. The van der Waals surface area contributed by atoms with Gasteiger partial charge in [0.25, 0.3) is 5.69 Å². The molecular weight excluding hydrogens is 628 g/mol. The highest BCUT2D eigenvalue weighted by molar-refractivity contribution is 5.73. The number of aliphatic hydroxyl groups is 9. The molecule has 3 aliphatic rings. The van der Waals surface area contributed by atoms with Crippen LogP contribution in [0.2, 0.25) is 0 Å². The average Bonchev–Trinajstić information content (AvgIpc) is 3.03. The molecule has 20 heteroatoms. The molecule has 260 valence electrons. The van der Waals surface area contributed by atoms with Crippen molar-refractivity contribution >= 4 is 11.6 Å². The maximum absolute atomic E-state index is 12.2. The maximum atomic E-state index is 12.2. The molecule has 3 heterocycles. The summed E-state index contributed by atoms with van der Waals surface area (Å²) in [5, 5.41) is 107. The highest BCUT2D eigenvalue weighted by Gasteiger charge is 2.54. The SMILES string of the molecule is CC(=O)N[C@H]1[C@H](O[C@H]2[C@@H](O)[C@@H](CO)O[C@@H](Oc3ccc([N+](=O)[O-])cc3)[C@@H]2O)O[C@H](CO)[C@@H](O)[C@@H]1O[C@@H]1O[C@H](CO)[C@H](O)[C@H](O)[C@H]1O. The van der Waals surface area contributed by atoms with Gasteiger partial charge in [-0.25, -0.2) is 0 Å². The zero-order chi connectivity index (χ0) is 33.9. The highest BCUT2D eigenvalue weighted by Crippen LogP contribution is 2.33. The van der Waals surface area contributed by atoms with Crippen molar-refractivity contribution in [1.82, 2.24) is 5.32 Å².